The number of nitrogens with one attached hydrogen (secondary N) is 1. The smallest absolute Gasteiger partial charge is 0.0673 e. The van der Waals surface area contributed by atoms with Crippen molar-refractivity contribution in [2.24, 2.45) is 0 Å². The summed E-state index contributed by atoms with van der Waals surface area (Å²) in [5, 5.41) is 8.08. The van der Waals surface area contributed by atoms with Crippen LogP contribution in [0.5, 0.6) is 0 Å². The molecule has 0 bridgehead atoms. The third-order valence-corrected chi connectivity index (χ3v) is 4.30. The summed E-state index contributed by atoms with van der Waals surface area (Å²) in [6.07, 6.45) is 3.16. The Bertz CT molecular complexity index is 575. The third-order valence-electron chi connectivity index (χ3n) is 3.53. The highest BCUT2D eigenvalue weighted by Crippen LogP contribution is 2.23. The largest absolute Gasteiger partial charge is 0.313 e. The number of halogens is 1. The van der Waals surface area contributed by atoms with Crippen molar-refractivity contribution in [2.75, 3.05) is 6.54 Å². The molecule has 0 aliphatic heterocycles. The molecule has 1 aromatic carbocycles. The molecule has 0 aliphatic carbocycles. The molecule has 0 saturated heterocycles. The van der Waals surface area contributed by atoms with E-state index in [-0.39, 0.29) is 0 Å². The molecule has 0 fully saturated rings. The van der Waals surface area contributed by atoms with Crippen LogP contribution in [0.4, 0.5) is 0 Å². The summed E-state index contributed by atoms with van der Waals surface area (Å²) in [5.41, 5.74) is 3.90. The SMILES string of the molecule is CCCNCc1cnn(Cc2ccccc2Br)c1C(C)C. The summed E-state index contributed by atoms with van der Waals surface area (Å²) in [5.74, 6) is 0.466. The van der Waals surface area contributed by atoms with Crippen molar-refractivity contribution in [2.45, 2.75) is 46.2 Å². The standard InChI is InChI=1S/C17H24BrN3/c1-4-9-19-10-15-11-20-21(17(15)13(2)3)12-14-7-5-6-8-16(14)18/h5-8,11,13,19H,4,9-10,12H2,1-3H3. The minimum atomic E-state index is 0.466. The molecule has 1 heterocycles. The van der Waals surface area contributed by atoms with E-state index >= 15 is 0 Å². The van der Waals surface area contributed by atoms with Crippen molar-refractivity contribution in [3.8, 4) is 0 Å². The first-order chi connectivity index (χ1) is 10.1. The van der Waals surface area contributed by atoms with Gasteiger partial charge in [0.05, 0.1) is 12.7 Å². The van der Waals surface area contributed by atoms with Crippen LogP contribution in [-0.2, 0) is 13.1 Å². The predicted octanol–water partition coefficient (Wildman–Crippen LogP) is 4.32. The molecular formula is C17H24BrN3. The summed E-state index contributed by atoms with van der Waals surface area (Å²) in [6.45, 7) is 9.41. The fourth-order valence-corrected chi connectivity index (χ4v) is 2.96. The maximum Gasteiger partial charge on any atom is 0.0673 e. The fourth-order valence-electron chi connectivity index (χ4n) is 2.55. The van der Waals surface area contributed by atoms with E-state index in [2.05, 4.69) is 70.0 Å². The number of rotatable bonds is 7. The highest BCUT2D eigenvalue weighted by atomic mass is 79.9. The molecule has 0 saturated carbocycles. The first-order valence-corrected chi connectivity index (χ1v) is 8.41. The molecule has 0 spiro atoms. The normalized spacial score (nSPS) is 11.3. The lowest BCUT2D eigenvalue weighted by molar-refractivity contribution is 0.605. The van der Waals surface area contributed by atoms with Gasteiger partial charge in [0.25, 0.3) is 0 Å². The molecule has 114 valence electrons. The summed E-state index contributed by atoms with van der Waals surface area (Å²) < 4.78 is 3.27. The Morgan fingerprint density at radius 3 is 2.67 bits per heavy atom. The first kappa shape index (κ1) is 16.2. The molecule has 4 heteroatoms. The summed E-state index contributed by atoms with van der Waals surface area (Å²) >= 11 is 3.62. The van der Waals surface area contributed by atoms with E-state index < -0.39 is 0 Å². The van der Waals surface area contributed by atoms with Gasteiger partial charge in [-0.2, -0.15) is 5.10 Å². The number of benzene rings is 1. The van der Waals surface area contributed by atoms with Crippen molar-refractivity contribution in [3.05, 3.63) is 51.8 Å². The van der Waals surface area contributed by atoms with Gasteiger partial charge in [-0.05, 0) is 30.5 Å². The van der Waals surface area contributed by atoms with Gasteiger partial charge in [0.1, 0.15) is 0 Å². The lowest BCUT2D eigenvalue weighted by Crippen LogP contribution is -2.16. The second-order valence-electron chi connectivity index (χ2n) is 5.64. The van der Waals surface area contributed by atoms with E-state index in [0.29, 0.717) is 5.92 Å². The van der Waals surface area contributed by atoms with Crippen molar-refractivity contribution < 1.29 is 0 Å². The molecule has 21 heavy (non-hydrogen) atoms. The number of aromatic nitrogens is 2. The molecule has 1 N–H and O–H groups in total. The highest BCUT2D eigenvalue weighted by molar-refractivity contribution is 9.10. The molecule has 0 radical (unpaired) electrons. The summed E-state index contributed by atoms with van der Waals surface area (Å²) in [4.78, 5) is 0. The van der Waals surface area contributed by atoms with E-state index in [0.717, 1.165) is 30.5 Å². The van der Waals surface area contributed by atoms with Gasteiger partial charge in [0.15, 0.2) is 0 Å². The molecular weight excluding hydrogens is 326 g/mol. The van der Waals surface area contributed by atoms with Crippen LogP contribution in [0.3, 0.4) is 0 Å². The van der Waals surface area contributed by atoms with E-state index in [1.165, 1.54) is 16.8 Å². The van der Waals surface area contributed by atoms with Gasteiger partial charge in [-0.1, -0.05) is 54.9 Å². The first-order valence-electron chi connectivity index (χ1n) is 7.62. The molecule has 2 rings (SSSR count). The Morgan fingerprint density at radius 2 is 2.00 bits per heavy atom. The van der Waals surface area contributed by atoms with Crippen LogP contribution in [0.1, 0.15) is 49.9 Å². The minimum Gasteiger partial charge on any atom is -0.313 e. The predicted molar refractivity (Wildman–Crippen MR) is 91.6 cm³/mol. The van der Waals surface area contributed by atoms with Crippen molar-refractivity contribution in [1.82, 2.24) is 15.1 Å². The maximum absolute atomic E-state index is 4.61. The average Bonchev–Trinajstić information content (AvgIpc) is 2.85. The second kappa shape index (κ2) is 7.76. The molecule has 3 nitrogen and oxygen atoms in total. The minimum absolute atomic E-state index is 0.466. The number of nitrogens with zero attached hydrogens (tertiary/aromatic N) is 2. The van der Waals surface area contributed by atoms with Crippen LogP contribution in [0.25, 0.3) is 0 Å². The average molecular weight is 350 g/mol. The zero-order chi connectivity index (χ0) is 15.2. The van der Waals surface area contributed by atoms with Crippen molar-refractivity contribution >= 4 is 15.9 Å². The van der Waals surface area contributed by atoms with E-state index in [1.807, 2.05) is 12.3 Å². The van der Waals surface area contributed by atoms with E-state index in [1.54, 1.807) is 0 Å². The van der Waals surface area contributed by atoms with Gasteiger partial charge >= 0.3 is 0 Å². The van der Waals surface area contributed by atoms with Gasteiger partial charge in [0.2, 0.25) is 0 Å². The van der Waals surface area contributed by atoms with Gasteiger partial charge in [0, 0.05) is 22.3 Å². The quantitative estimate of drug-likeness (QED) is 0.754. The fraction of sp³-hybridized carbons (Fsp3) is 0.471. The van der Waals surface area contributed by atoms with Crippen LogP contribution < -0.4 is 5.32 Å². The molecule has 2 aromatic rings. The van der Waals surface area contributed by atoms with E-state index in [9.17, 15) is 0 Å². The Morgan fingerprint density at radius 1 is 1.24 bits per heavy atom. The van der Waals surface area contributed by atoms with Crippen LogP contribution in [0.15, 0.2) is 34.9 Å². The Kier molecular flexibility index (Phi) is 6.00. The zero-order valence-electron chi connectivity index (χ0n) is 13.1. The zero-order valence-corrected chi connectivity index (χ0v) is 14.7. The molecule has 0 amide bonds. The lowest BCUT2D eigenvalue weighted by atomic mass is 10.1. The monoisotopic (exact) mass is 349 g/mol. The Balaban J connectivity index is 2.21. The molecule has 1 aromatic heterocycles. The second-order valence-corrected chi connectivity index (χ2v) is 6.49. The van der Waals surface area contributed by atoms with Crippen LogP contribution in [-0.4, -0.2) is 16.3 Å². The Hall–Kier alpha value is -1.13. The molecule has 0 atom stereocenters. The number of hydrogen-bond acceptors (Lipinski definition) is 2. The third kappa shape index (κ3) is 4.17. The van der Waals surface area contributed by atoms with Crippen molar-refractivity contribution in [1.29, 1.82) is 0 Å². The van der Waals surface area contributed by atoms with Crippen LogP contribution >= 0.6 is 15.9 Å². The molecule has 0 unspecified atom stereocenters. The van der Waals surface area contributed by atoms with Gasteiger partial charge in [-0.25, -0.2) is 0 Å². The lowest BCUT2D eigenvalue weighted by Gasteiger charge is -2.14. The highest BCUT2D eigenvalue weighted by Gasteiger charge is 2.14. The van der Waals surface area contributed by atoms with Gasteiger partial charge < -0.3 is 5.32 Å². The summed E-state index contributed by atoms with van der Waals surface area (Å²) in [6, 6.07) is 8.34. The molecule has 0 aliphatic rings. The van der Waals surface area contributed by atoms with Crippen LogP contribution in [0, 0.1) is 0 Å². The topological polar surface area (TPSA) is 29.9 Å². The maximum atomic E-state index is 4.61. The van der Waals surface area contributed by atoms with Crippen molar-refractivity contribution in [3.63, 3.8) is 0 Å². The van der Waals surface area contributed by atoms with Crippen LogP contribution in [0.2, 0.25) is 0 Å². The van der Waals surface area contributed by atoms with Gasteiger partial charge in [-0.15, -0.1) is 0 Å². The van der Waals surface area contributed by atoms with E-state index in [4.69, 9.17) is 0 Å². The Labute approximate surface area is 135 Å². The van der Waals surface area contributed by atoms with Gasteiger partial charge in [-0.3, -0.25) is 4.68 Å². The number of hydrogen-bond donors (Lipinski definition) is 1. The summed E-state index contributed by atoms with van der Waals surface area (Å²) in [7, 11) is 0.